The monoisotopic (exact) mass is 362 g/mol. The van der Waals surface area contributed by atoms with Gasteiger partial charge in [0, 0.05) is 15.8 Å². The van der Waals surface area contributed by atoms with Gasteiger partial charge in [-0.25, -0.2) is 0 Å². The van der Waals surface area contributed by atoms with Crippen molar-refractivity contribution in [2.24, 2.45) is 0 Å². The second-order valence-electron chi connectivity index (χ2n) is 3.09. The standard InChI is InChI=1S/C9H11IN2O.2ClH/c10-7-3-9(5-11-4-7)13-6-8-1-2-12-8;;/h3-5,8,12H,1-2,6H2;2*1H. The van der Waals surface area contributed by atoms with Crippen LogP contribution in [0.4, 0.5) is 0 Å². The summed E-state index contributed by atoms with van der Waals surface area (Å²) in [5.74, 6) is 0.862. The van der Waals surface area contributed by atoms with Crippen molar-refractivity contribution in [3.8, 4) is 5.75 Å². The van der Waals surface area contributed by atoms with Crippen LogP contribution in [-0.2, 0) is 0 Å². The molecular weight excluding hydrogens is 350 g/mol. The minimum absolute atomic E-state index is 0. The van der Waals surface area contributed by atoms with Crippen LogP contribution in [0.25, 0.3) is 0 Å². The van der Waals surface area contributed by atoms with Gasteiger partial charge in [0.15, 0.2) is 0 Å². The fourth-order valence-corrected chi connectivity index (χ4v) is 1.63. The molecule has 0 radical (unpaired) electrons. The van der Waals surface area contributed by atoms with Crippen molar-refractivity contribution in [3.63, 3.8) is 0 Å². The summed E-state index contributed by atoms with van der Waals surface area (Å²) in [4.78, 5) is 4.05. The van der Waals surface area contributed by atoms with Gasteiger partial charge in [-0.15, -0.1) is 24.8 Å². The van der Waals surface area contributed by atoms with Gasteiger partial charge in [-0.05, 0) is 41.6 Å². The van der Waals surface area contributed by atoms with E-state index in [1.54, 1.807) is 6.20 Å². The molecule has 15 heavy (non-hydrogen) atoms. The van der Waals surface area contributed by atoms with Gasteiger partial charge in [0.1, 0.15) is 12.4 Å². The van der Waals surface area contributed by atoms with Crippen molar-refractivity contribution in [1.82, 2.24) is 10.3 Å². The Morgan fingerprint density at radius 2 is 2.20 bits per heavy atom. The Balaban J connectivity index is 0.000000980. The van der Waals surface area contributed by atoms with Gasteiger partial charge in [0.2, 0.25) is 0 Å². The molecule has 1 saturated heterocycles. The van der Waals surface area contributed by atoms with Gasteiger partial charge in [-0.3, -0.25) is 4.98 Å². The van der Waals surface area contributed by atoms with Crippen LogP contribution in [0.5, 0.6) is 5.75 Å². The molecule has 0 aliphatic carbocycles. The van der Waals surface area contributed by atoms with Gasteiger partial charge in [-0.2, -0.15) is 0 Å². The average Bonchev–Trinajstić information content (AvgIpc) is 2.01. The third-order valence-electron chi connectivity index (χ3n) is 2.06. The maximum absolute atomic E-state index is 5.56. The summed E-state index contributed by atoms with van der Waals surface area (Å²) in [6.45, 7) is 1.88. The summed E-state index contributed by atoms with van der Waals surface area (Å²) in [7, 11) is 0. The summed E-state index contributed by atoms with van der Waals surface area (Å²) in [6, 6.07) is 2.53. The Morgan fingerprint density at radius 1 is 1.47 bits per heavy atom. The summed E-state index contributed by atoms with van der Waals surface area (Å²) < 4.78 is 6.67. The molecule has 1 unspecified atom stereocenters. The van der Waals surface area contributed by atoms with E-state index in [1.165, 1.54) is 6.42 Å². The molecule has 0 bridgehead atoms. The number of aromatic nitrogens is 1. The van der Waals surface area contributed by atoms with Crippen LogP contribution in [0, 0.1) is 3.57 Å². The lowest BCUT2D eigenvalue weighted by Crippen LogP contribution is -2.46. The second-order valence-corrected chi connectivity index (χ2v) is 4.34. The van der Waals surface area contributed by atoms with Crippen LogP contribution >= 0.6 is 47.4 Å². The molecule has 86 valence electrons. The highest BCUT2D eigenvalue weighted by molar-refractivity contribution is 14.1. The van der Waals surface area contributed by atoms with Crippen molar-refractivity contribution in [2.45, 2.75) is 12.5 Å². The number of hydrogen-bond acceptors (Lipinski definition) is 3. The molecular formula is C9H13Cl2IN2O. The Morgan fingerprint density at radius 3 is 2.73 bits per heavy atom. The van der Waals surface area contributed by atoms with Crippen LogP contribution in [0.15, 0.2) is 18.5 Å². The molecule has 1 aromatic rings. The highest BCUT2D eigenvalue weighted by atomic mass is 127. The van der Waals surface area contributed by atoms with E-state index in [-0.39, 0.29) is 24.8 Å². The molecule has 0 aromatic carbocycles. The minimum atomic E-state index is 0. The van der Waals surface area contributed by atoms with Gasteiger partial charge in [0.25, 0.3) is 0 Å². The van der Waals surface area contributed by atoms with E-state index >= 15 is 0 Å². The quantitative estimate of drug-likeness (QED) is 0.837. The van der Waals surface area contributed by atoms with E-state index in [0.29, 0.717) is 6.04 Å². The zero-order valence-electron chi connectivity index (χ0n) is 7.98. The van der Waals surface area contributed by atoms with Crippen molar-refractivity contribution >= 4 is 47.4 Å². The summed E-state index contributed by atoms with van der Waals surface area (Å²) in [5, 5.41) is 3.28. The number of ether oxygens (including phenoxy) is 1. The Bertz CT molecular complexity index is 297. The van der Waals surface area contributed by atoms with E-state index in [0.717, 1.165) is 22.5 Å². The predicted molar refractivity (Wildman–Crippen MR) is 73.4 cm³/mol. The van der Waals surface area contributed by atoms with Gasteiger partial charge in [-0.1, -0.05) is 0 Å². The maximum atomic E-state index is 5.56. The van der Waals surface area contributed by atoms with Crippen LogP contribution < -0.4 is 10.1 Å². The fourth-order valence-electron chi connectivity index (χ4n) is 1.16. The topological polar surface area (TPSA) is 34.1 Å². The molecule has 1 atom stereocenters. The van der Waals surface area contributed by atoms with E-state index in [9.17, 15) is 0 Å². The van der Waals surface area contributed by atoms with E-state index in [4.69, 9.17) is 4.74 Å². The minimum Gasteiger partial charge on any atom is -0.490 e. The lowest BCUT2D eigenvalue weighted by Gasteiger charge is -2.27. The molecule has 6 heteroatoms. The molecule has 2 heterocycles. The lowest BCUT2D eigenvalue weighted by molar-refractivity contribution is 0.217. The molecule has 2 rings (SSSR count). The molecule has 0 amide bonds. The largest absolute Gasteiger partial charge is 0.490 e. The van der Waals surface area contributed by atoms with E-state index in [1.807, 2.05) is 12.3 Å². The van der Waals surface area contributed by atoms with E-state index < -0.39 is 0 Å². The number of nitrogens with zero attached hydrogens (tertiary/aromatic N) is 1. The Labute approximate surface area is 115 Å². The van der Waals surface area contributed by atoms with Crippen LogP contribution in [0.2, 0.25) is 0 Å². The first-order valence-electron chi connectivity index (χ1n) is 4.31. The molecule has 1 aliphatic rings. The molecule has 1 aromatic heterocycles. The van der Waals surface area contributed by atoms with Gasteiger partial charge in [0.05, 0.1) is 6.20 Å². The van der Waals surface area contributed by atoms with Gasteiger partial charge < -0.3 is 10.1 Å². The second kappa shape index (κ2) is 7.49. The number of halogens is 3. The highest BCUT2D eigenvalue weighted by Crippen LogP contribution is 2.14. The van der Waals surface area contributed by atoms with Gasteiger partial charge >= 0.3 is 0 Å². The number of hydrogen-bond donors (Lipinski definition) is 1. The highest BCUT2D eigenvalue weighted by Gasteiger charge is 2.16. The number of rotatable bonds is 3. The first-order chi connectivity index (χ1) is 6.34. The maximum Gasteiger partial charge on any atom is 0.138 e. The summed E-state index contributed by atoms with van der Waals surface area (Å²) >= 11 is 2.23. The SMILES string of the molecule is Cl.Cl.Ic1cncc(OCC2CCN2)c1. The molecule has 0 saturated carbocycles. The number of nitrogens with one attached hydrogen (secondary N) is 1. The van der Waals surface area contributed by atoms with Crippen molar-refractivity contribution in [3.05, 3.63) is 22.0 Å². The summed E-state index contributed by atoms with van der Waals surface area (Å²) in [6.07, 6.45) is 4.78. The molecule has 0 spiro atoms. The first-order valence-corrected chi connectivity index (χ1v) is 5.39. The average molecular weight is 363 g/mol. The van der Waals surface area contributed by atoms with E-state index in [2.05, 4.69) is 32.9 Å². The van der Waals surface area contributed by atoms with Crippen molar-refractivity contribution < 1.29 is 4.74 Å². The fraction of sp³-hybridized carbons (Fsp3) is 0.444. The molecule has 1 fully saturated rings. The van der Waals surface area contributed by atoms with Crippen LogP contribution in [0.1, 0.15) is 6.42 Å². The normalized spacial score (nSPS) is 18.1. The van der Waals surface area contributed by atoms with Crippen molar-refractivity contribution in [1.29, 1.82) is 0 Å². The Kier molecular flexibility index (Phi) is 7.60. The smallest absolute Gasteiger partial charge is 0.138 e. The van der Waals surface area contributed by atoms with Crippen LogP contribution in [0.3, 0.4) is 0 Å². The molecule has 1 N–H and O–H groups in total. The third-order valence-corrected chi connectivity index (χ3v) is 2.65. The first kappa shape index (κ1) is 15.2. The Hall–Kier alpha value is 0.220. The molecule has 3 nitrogen and oxygen atoms in total. The summed E-state index contributed by atoms with van der Waals surface area (Å²) in [5.41, 5.74) is 0. The zero-order chi connectivity index (χ0) is 9.10. The third kappa shape index (κ3) is 4.72. The van der Waals surface area contributed by atoms with Crippen molar-refractivity contribution in [2.75, 3.05) is 13.2 Å². The number of pyridine rings is 1. The zero-order valence-corrected chi connectivity index (χ0v) is 11.8. The molecule has 1 aliphatic heterocycles. The lowest BCUT2D eigenvalue weighted by atomic mass is 10.1. The predicted octanol–water partition coefficient (Wildman–Crippen LogP) is 2.27. The van der Waals surface area contributed by atoms with Crippen LogP contribution in [-0.4, -0.2) is 24.2 Å².